The minimum Gasteiger partial charge on any atom is -0.494 e. The molecule has 196 valence electrons. The third kappa shape index (κ3) is 8.86. The molecule has 2 N–H and O–H groups in total. The number of nitrogens with one attached hydrogen (secondary N) is 2. The van der Waals surface area contributed by atoms with Gasteiger partial charge in [0.15, 0.2) is 0 Å². The van der Waals surface area contributed by atoms with Crippen molar-refractivity contribution >= 4 is 11.8 Å². The van der Waals surface area contributed by atoms with Crippen molar-refractivity contribution in [2.24, 2.45) is 5.92 Å². The molecule has 0 fully saturated rings. The van der Waals surface area contributed by atoms with Crippen molar-refractivity contribution in [2.75, 3.05) is 32.8 Å². The van der Waals surface area contributed by atoms with E-state index in [1.165, 1.54) is 0 Å². The molecule has 1 aliphatic heterocycles. The molecule has 2 aromatic carbocycles. The van der Waals surface area contributed by atoms with Crippen LogP contribution in [0.25, 0.3) is 0 Å². The van der Waals surface area contributed by atoms with Crippen molar-refractivity contribution in [3.63, 3.8) is 0 Å². The molecular weight excluding hydrogens is 454 g/mol. The molecule has 36 heavy (non-hydrogen) atoms. The number of carbonyl (C=O) groups is 2. The van der Waals surface area contributed by atoms with E-state index in [1.807, 2.05) is 49.4 Å². The maximum Gasteiger partial charge on any atom is 0.252 e. The average molecular weight is 496 g/mol. The van der Waals surface area contributed by atoms with Gasteiger partial charge < -0.3 is 20.1 Å². The van der Waals surface area contributed by atoms with Crippen LogP contribution in [0.4, 0.5) is 0 Å². The first-order chi connectivity index (χ1) is 17.5. The highest BCUT2D eigenvalue weighted by atomic mass is 16.5. The maximum absolute atomic E-state index is 13.3. The number of hydrogen-bond donors (Lipinski definition) is 2. The van der Waals surface area contributed by atoms with E-state index in [0.29, 0.717) is 50.9 Å². The summed E-state index contributed by atoms with van der Waals surface area (Å²) in [4.78, 5) is 28.1. The Bertz CT molecular complexity index is 975. The fourth-order valence-electron chi connectivity index (χ4n) is 4.18. The number of nitrogens with zero attached hydrogens (tertiary/aromatic N) is 1. The number of amides is 2. The number of carbonyl (C=O) groups excluding carboxylic acids is 2. The molecule has 0 saturated carbocycles. The Kier molecular flexibility index (Phi) is 11.1. The minimum atomic E-state index is -0.151. The largest absolute Gasteiger partial charge is 0.494 e. The zero-order valence-electron chi connectivity index (χ0n) is 22.0. The molecule has 2 amide bonds. The Hall–Kier alpha value is -3.06. The summed E-state index contributed by atoms with van der Waals surface area (Å²) in [7, 11) is 0. The van der Waals surface area contributed by atoms with Crippen LogP contribution in [0.2, 0.25) is 0 Å². The van der Waals surface area contributed by atoms with E-state index >= 15 is 0 Å². The molecule has 1 heterocycles. The SMILES string of the molecule is CCOc1ccc(CNC(=O)c2cccc3c2CN(CCC(C)C)CC(=O)NCCCCCO3)cc1. The van der Waals surface area contributed by atoms with Gasteiger partial charge in [0.05, 0.1) is 19.8 Å². The second-order valence-electron chi connectivity index (χ2n) is 9.69. The van der Waals surface area contributed by atoms with Gasteiger partial charge in [0.2, 0.25) is 5.91 Å². The topological polar surface area (TPSA) is 79.9 Å². The fraction of sp³-hybridized carbons (Fsp3) is 0.517. The first-order valence-electron chi connectivity index (χ1n) is 13.2. The van der Waals surface area contributed by atoms with Gasteiger partial charge in [0.25, 0.3) is 5.91 Å². The molecule has 0 spiro atoms. The molecule has 0 radical (unpaired) electrons. The van der Waals surface area contributed by atoms with E-state index in [1.54, 1.807) is 0 Å². The smallest absolute Gasteiger partial charge is 0.252 e. The van der Waals surface area contributed by atoms with E-state index in [2.05, 4.69) is 29.4 Å². The number of ether oxygens (including phenoxy) is 2. The van der Waals surface area contributed by atoms with Crippen LogP contribution < -0.4 is 20.1 Å². The van der Waals surface area contributed by atoms with Crippen molar-refractivity contribution in [1.82, 2.24) is 15.5 Å². The van der Waals surface area contributed by atoms with Crippen LogP contribution in [0.15, 0.2) is 42.5 Å². The quantitative estimate of drug-likeness (QED) is 0.562. The summed E-state index contributed by atoms with van der Waals surface area (Å²) in [5, 5.41) is 6.09. The Morgan fingerprint density at radius 3 is 2.67 bits per heavy atom. The highest BCUT2D eigenvalue weighted by molar-refractivity contribution is 5.96. The number of hydrogen-bond acceptors (Lipinski definition) is 5. The van der Waals surface area contributed by atoms with Crippen LogP contribution in [0.3, 0.4) is 0 Å². The second-order valence-corrected chi connectivity index (χ2v) is 9.69. The number of rotatable bonds is 8. The maximum atomic E-state index is 13.3. The molecule has 7 heteroatoms. The first kappa shape index (κ1) is 27.5. The van der Waals surface area contributed by atoms with Crippen LogP contribution in [-0.2, 0) is 17.9 Å². The van der Waals surface area contributed by atoms with Gasteiger partial charge in [0.1, 0.15) is 11.5 Å². The summed E-state index contributed by atoms with van der Waals surface area (Å²) in [5.74, 6) is 1.92. The molecule has 0 aliphatic carbocycles. The number of benzene rings is 2. The van der Waals surface area contributed by atoms with E-state index in [4.69, 9.17) is 9.47 Å². The Labute approximate surface area is 215 Å². The van der Waals surface area contributed by atoms with Crippen LogP contribution in [-0.4, -0.2) is 49.6 Å². The van der Waals surface area contributed by atoms with Crippen LogP contribution in [0.5, 0.6) is 11.5 Å². The number of fused-ring (bicyclic) bond motifs is 1. The van der Waals surface area contributed by atoms with Crippen LogP contribution in [0, 0.1) is 5.92 Å². The van der Waals surface area contributed by atoms with Gasteiger partial charge in [-0.05, 0) is 74.9 Å². The zero-order chi connectivity index (χ0) is 25.8. The monoisotopic (exact) mass is 495 g/mol. The molecule has 3 rings (SSSR count). The fourth-order valence-corrected chi connectivity index (χ4v) is 4.18. The van der Waals surface area contributed by atoms with Gasteiger partial charge >= 0.3 is 0 Å². The third-order valence-corrected chi connectivity index (χ3v) is 6.24. The van der Waals surface area contributed by atoms with Gasteiger partial charge in [-0.1, -0.05) is 32.0 Å². The normalized spacial score (nSPS) is 15.5. The molecule has 0 bridgehead atoms. The van der Waals surface area contributed by atoms with E-state index in [-0.39, 0.29) is 11.8 Å². The lowest BCUT2D eigenvalue weighted by atomic mass is 10.0. The highest BCUT2D eigenvalue weighted by Gasteiger charge is 2.21. The molecular formula is C29H41N3O4. The predicted molar refractivity (Wildman–Crippen MR) is 142 cm³/mol. The molecule has 2 aromatic rings. The highest BCUT2D eigenvalue weighted by Crippen LogP contribution is 2.26. The lowest BCUT2D eigenvalue weighted by Gasteiger charge is -2.25. The molecule has 0 unspecified atom stereocenters. The molecule has 7 nitrogen and oxygen atoms in total. The Morgan fingerprint density at radius 2 is 1.92 bits per heavy atom. The predicted octanol–water partition coefficient (Wildman–Crippen LogP) is 4.54. The summed E-state index contributed by atoms with van der Waals surface area (Å²) in [6.45, 7) is 10.2. The molecule has 0 aromatic heterocycles. The Balaban J connectivity index is 1.81. The van der Waals surface area contributed by atoms with E-state index < -0.39 is 0 Å². The summed E-state index contributed by atoms with van der Waals surface area (Å²) in [5.41, 5.74) is 2.41. The first-order valence-corrected chi connectivity index (χ1v) is 13.2. The van der Waals surface area contributed by atoms with Gasteiger partial charge in [-0.15, -0.1) is 0 Å². The summed E-state index contributed by atoms with van der Waals surface area (Å²) in [6, 6.07) is 13.4. The van der Waals surface area contributed by atoms with Crippen molar-refractivity contribution in [1.29, 1.82) is 0 Å². The lowest BCUT2D eigenvalue weighted by Crippen LogP contribution is -2.38. The van der Waals surface area contributed by atoms with Crippen molar-refractivity contribution in [2.45, 2.75) is 59.5 Å². The Morgan fingerprint density at radius 1 is 1.11 bits per heavy atom. The lowest BCUT2D eigenvalue weighted by molar-refractivity contribution is -0.122. The van der Waals surface area contributed by atoms with E-state index in [9.17, 15) is 9.59 Å². The zero-order valence-corrected chi connectivity index (χ0v) is 22.0. The summed E-state index contributed by atoms with van der Waals surface area (Å²) < 4.78 is 11.7. The van der Waals surface area contributed by atoms with Gasteiger partial charge in [0, 0.05) is 30.8 Å². The van der Waals surface area contributed by atoms with Crippen molar-refractivity contribution < 1.29 is 19.1 Å². The third-order valence-electron chi connectivity index (χ3n) is 6.24. The second kappa shape index (κ2) is 14.5. The van der Waals surface area contributed by atoms with Gasteiger partial charge in [-0.2, -0.15) is 0 Å². The molecule has 0 atom stereocenters. The summed E-state index contributed by atoms with van der Waals surface area (Å²) >= 11 is 0. The summed E-state index contributed by atoms with van der Waals surface area (Å²) in [6.07, 6.45) is 3.78. The van der Waals surface area contributed by atoms with Crippen molar-refractivity contribution in [3.8, 4) is 11.5 Å². The average Bonchev–Trinajstić information content (AvgIpc) is 2.88. The van der Waals surface area contributed by atoms with E-state index in [0.717, 1.165) is 54.9 Å². The van der Waals surface area contributed by atoms with Gasteiger partial charge in [-0.25, -0.2) is 0 Å². The standard InChI is InChI=1S/C29H41N3O4/c1-4-35-24-13-11-23(12-14-24)19-31-29(34)25-9-8-10-27-26(25)20-32(17-15-22(2)3)21-28(33)30-16-6-5-7-18-36-27/h8-14,22H,4-7,15-21H2,1-3H3,(H,30,33)(H,31,34). The van der Waals surface area contributed by atoms with Crippen LogP contribution >= 0.6 is 0 Å². The van der Waals surface area contributed by atoms with Crippen LogP contribution in [0.1, 0.15) is 67.9 Å². The molecule has 1 aliphatic rings. The van der Waals surface area contributed by atoms with Crippen molar-refractivity contribution in [3.05, 3.63) is 59.2 Å². The van der Waals surface area contributed by atoms with Gasteiger partial charge in [-0.3, -0.25) is 14.5 Å². The minimum absolute atomic E-state index is 0.0258. The molecule has 0 saturated heterocycles.